The van der Waals surface area contributed by atoms with Crippen molar-refractivity contribution in [2.24, 2.45) is 11.8 Å². The summed E-state index contributed by atoms with van der Waals surface area (Å²) in [6, 6.07) is 9.89. The number of fused-ring (bicyclic) bond motifs is 1. The Labute approximate surface area is 247 Å². The first-order chi connectivity index (χ1) is 19.4. The number of carbonyl (C=O) groups excluding carboxylic acids is 2. The number of thioether (sulfide) groups is 1. The molecule has 9 heteroatoms. The second-order valence-electron chi connectivity index (χ2n) is 12.6. The number of aromatic hydroxyl groups is 1. The quantitative estimate of drug-likeness (QED) is 0.313. The number of hydrogen-bond acceptors (Lipinski definition) is 6. The van der Waals surface area contributed by atoms with Crippen LogP contribution in [0.1, 0.15) is 68.8 Å². The Kier molecular flexibility index (Phi) is 10.4. The van der Waals surface area contributed by atoms with Crippen LogP contribution < -0.4 is 10.6 Å². The number of phenols is 1. The van der Waals surface area contributed by atoms with Gasteiger partial charge in [0, 0.05) is 40.4 Å². The fourth-order valence-electron chi connectivity index (χ4n) is 6.08. The minimum Gasteiger partial charge on any atom is -0.508 e. The topological polar surface area (TPSA) is 102 Å². The van der Waals surface area contributed by atoms with Crippen LogP contribution >= 0.6 is 11.8 Å². The van der Waals surface area contributed by atoms with E-state index in [0.29, 0.717) is 28.7 Å². The van der Waals surface area contributed by atoms with E-state index in [1.807, 2.05) is 20.8 Å². The Balaban J connectivity index is 1.54. The van der Waals surface area contributed by atoms with Crippen molar-refractivity contribution in [3.05, 3.63) is 59.4 Å². The summed E-state index contributed by atoms with van der Waals surface area (Å²) in [6.45, 7) is 8.56. The number of carbonyl (C=O) groups is 2. The molecule has 4 N–H and O–H groups in total. The summed E-state index contributed by atoms with van der Waals surface area (Å²) in [4.78, 5) is 29.7. The van der Waals surface area contributed by atoms with E-state index in [-0.39, 0.29) is 35.6 Å². The standard InChI is InChI=1S/C32H44FN3O4S/c1-20-25(10-7-11-28(20)37)30(39)34-26(19-41-24-14-12-23(33)13-15-24)29(38)18-36-17-22-9-6-5-8-21(22)16-27(36)31(40)35-32(2,3)4/h7,10-15,21-22,26-27,29,37-38H,5-6,8-9,16-19H2,1-4H3,(H,34,39)(H,35,40)/t21-,22?,26-,27-,29+/m0/s1. The second kappa shape index (κ2) is 13.6. The number of benzene rings is 2. The van der Waals surface area contributed by atoms with E-state index < -0.39 is 18.1 Å². The maximum Gasteiger partial charge on any atom is 0.252 e. The molecule has 1 saturated heterocycles. The SMILES string of the molecule is Cc1c(O)cccc1C(=O)N[C@@H](CSc1ccc(F)cc1)[C@H](O)CN1CC2CCCC[C@H]2C[C@H]1C(=O)NC(C)(C)C. The van der Waals surface area contributed by atoms with Gasteiger partial charge in [-0.15, -0.1) is 11.8 Å². The van der Waals surface area contributed by atoms with E-state index in [1.165, 1.54) is 42.8 Å². The van der Waals surface area contributed by atoms with Crippen molar-refractivity contribution in [3.8, 4) is 5.75 Å². The van der Waals surface area contributed by atoms with Crippen molar-refractivity contribution in [2.75, 3.05) is 18.8 Å². The fraction of sp³-hybridized carbons (Fsp3) is 0.562. The van der Waals surface area contributed by atoms with Gasteiger partial charge in [-0.1, -0.05) is 25.3 Å². The minimum absolute atomic E-state index is 0.0228. The van der Waals surface area contributed by atoms with Crippen LogP contribution in [-0.2, 0) is 4.79 Å². The minimum atomic E-state index is -0.963. The van der Waals surface area contributed by atoms with Crippen molar-refractivity contribution < 1.29 is 24.2 Å². The lowest BCUT2D eigenvalue weighted by atomic mass is 9.72. The largest absolute Gasteiger partial charge is 0.508 e. The van der Waals surface area contributed by atoms with Crippen molar-refractivity contribution in [1.82, 2.24) is 15.5 Å². The molecule has 0 radical (unpaired) electrons. The van der Waals surface area contributed by atoms with Gasteiger partial charge in [-0.05, 0) is 88.8 Å². The van der Waals surface area contributed by atoms with Gasteiger partial charge in [0.1, 0.15) is 11.6 Å². The third-order valence-electron chi connectivity index (χ3n) is 8.30. The van der Waals surface area contributed by atoms with Crippen LogP contribution in [0.25, 0.3) is 0 Å². The monoisotopic (exact) mass is 585 g/mol. The zero-order valence-electron chi connectivity index (χ0n) is 24.5. The van der Waals surface area contributed by atoms with E-state index in [4.69, 9.17) is 0 Å². The molecule has 5 atom stereocenters. The number of aliphatic hydroxyl groups is 1. The molecule has 224 valence electrons. The van der Waals surface area contributed by atoms with Gasteiger partial charge < -0.3 is 20.8 Å². The molecule has 1 heterocycles. The number of aliphatic hydroxyl groups excluding tert-OH is 1. The van der Waals surface area contributed by atoms with Crippen LogP contribution in [0.15, 0.2) is 47.4 Å². The van der Waals surface area contributed by atoms with E-state index in [1.54, 1.807) is 31.2 Å². The maximum atomic E-state index is 13.5. The van der Waals surface area contributed by atoms with Gasteiger partial charge >= 0.3 is 0 Å². The summed E-state index contributed by atoms with van der Waals surface area (Å²) in [6.07, 6.45) is 4.45. The Morgan fingerprint density at radius 2 is 1.78 bits per heavy atom. The summed E-state index contributed by atoms with van der Waals surface area (Å²) in [5.41, 5.74) is 0.425. The number of amides is 2. The number of halogens is 1. The van der Waals surface area contributed by atoms with Gasteiger partial charge in [0.25, 0.3) is 5.91 Å². The molecule has 4 rings (SSSR count). The highest BCUT2D eigenvalue weighted by atomic mass is 32.2. The predicted octanol–water partition coefficient (Wildman–Crippen LogP) is 4.89. The molecule has 1 aliphatic heterocycles. The Morgan fingerprint density at radius 1 is 1.10 bits per heavy atom. The summed E-state index contributed by atoms with van der Waals surface area (Å²) >= 11 is 1.42. The molecule has 2 fully saturated rings. The average molecular weight is 586 g/mol. The fourth-order valence-corrected chi connectivity index (χ4v) is 7.08. The summed E-state index contributed by atoms with van der Waals surface area (Å²) in [5, 5.41) is 27.9. The van der Waals surface area contributed by atoms with Crippen LogP contribution in [0.4, 0.5) is 4.39 Å². The summed E-state index contributed by atoms with van der Waals surface area (Å²) in [5.74, 6) is 0.621. The lowest BCUT2D eigenvalue weighted by Gasteiger charge is -2.47. The number of nitrogens with zero attached hydrogens (tertiary/aromatic N) is 1. The van der Waals surface area contributed by atoms with Gasteiger partial charge in [-0.25, -0.2) is 4.39 Å². The highest BCUT2D eigenvalue weighted by Crippen LogP contribution is 2.39. The van der Waals surface area contributed by atoms with E-state index in [9.17, 15) is 24.2 Å². The molecular formula is C32H44FN3O4S. The highest BCUT2D eigenvalue weighted by molar-refractivity contribution is 7.99. The number of rotatable bonds is 9. The number of piperidine rings is 1. The number of phenolic OH excluding ortho intramolecular Hbond substituents is 1. The zero-order valence-corrected chi connectivity index (χ0v) is 25.3. The van der Waals surface area contributed by atoms with Gasteiger partial charge in [0.15, 0.2) is 0 Å². The molecule has 0 aromatic heterocycles. The van der Waals surface area contributed by atoms with Gasteiger partial charge in [-0.2, -0.15) is 0 Å². The molecule has 1 saturated carbocycles. The first-order valence-electron chi connectivity index (χ1n) is 14.6. The van der Waals surface area contributed by atoms with Crippen LogP contribution in [0, 0.1) is 24.6 Å². The maximum absolute atomic E-state index is 13.5. The summed E-state index contributed by atoms with van der Waals surface area (Å²) in [7, 11) is 0. The molecule has 1 unspecified atom stereocenters. The highest BCUT2D eigenvalue weighted by Gasteiger charge is 2.41. The molecule has 0 spiro atoms. The van der Waals surface area contributed by atoms with Crippen molar-refractivity contribution in [2.45, 2.75) is 88.4 Å². The number of hydrogen-bond donors (Lipinski definition) is 4. The average Bonchev–Trinajstić information content (AvgIpc) is 2.91. The van der Waals surface area contributed by atoms with E-state index >= 15 is 0 Å². The Hall–Kier alpha value is -2.62. The van der Waals surface area contributed by atoms with E-state index in [0.717, 1.165) is 30.7 Å². The third-order valence-corrected chi connectivity index (χ3v) is 9.43. The van der Waals surface area contributed by atoms with Crippen LogP contribution in [-0.4, -0.2) is 69.5 Å². The third kappa shape index (κ3) is 8.46. The molecule has 41 heavy (non-hydrogen) atoms. The smallest absolute Gasteiger partial charge is 0.252 e. The van der Waals surface area contributed by atoms with Gasteiger partial charge in [0.05, 0.1) is 18.2 Å². The Bertz CT molecular complexity index is 1200. The molecule has 2 aromatic rings. The van der Waals surface area contributed by atoms with Crippen LogP contribution in [0.2, 0.25) is 0 Å². The molecule has 1 aliphatic carbocycles. The number of nitrogens with one attached hydrogen (secondary N) is 2. The van der Waals surface area contributed by atoms with Gasteiger partial charge in [-0.3, -0.25) is 14.5 Å². The van der Waals surface area contributed by atoms with Crippen molar-refractivity contribution >= 4 is 23.6 Å². The molecule has 0 bridgehead atoms. The molecule has 2 aromatic carbocycles. The van der Waals surface area contributed by atoms with Gasteiger partial charge in [0.2, 0.25) is 5.91 Å². The second-order valence-corrected chi connectivity index (χ2v) is 13.7. The van der Waals surface area contributed by atoms with Crippen molar-refractivity contribution in [1.29, 1.82) is 0 Å². The zero-order chi connectivity index (χ0) is 29.7. The van der Waals surface area contributed by atoms with Crippen molar-refractivity contribution in [3.63, 3.8) is 0 Å². The molecular weight excluding hydrogens is 541 g/mol. The lowest BCUT2D eigenvalue weighted by Crippen LogP contribution is -2.60. The predicted molar refractivity (Wildman–Crippen MR) is 161 cm³/mol. The van der Waals surface area contributed by atoms with E-state index in [2.05, 4.69) is 15.5 Å². The molecule has 7 nitrogen and oxygen atoms in total. The van der Waals surface area contributed by atoms with Crippen LogP contribution in [0.5, 0.6) is 5.75 Å². The van der Waals surface area contributed by atoms with Crippen LogP contribution in [0.3, 0.4) is 0 Å². The molecule has 2 amide bonds. The number of likely N-dealkylation sites (tertiary alicyclic amines) is 1. The molecule has 2 aliphatic rings. The first kappa shape index (κ1) is 31.3. The normalized spacial score (nSPS) is 22.8. The summed E-state index contributed by atoms with van der Waals surface area (Å²) < 4.78 is 13.5. The lowest BCUT2D eigenvalue weighted by molar-refractivity contribution is -0.132. The number of β-amino-alcohol motifs (C(OH)–C–C–N with tert-alkyl or cyclic N) is 1. The Morgan fingerprint density at radius 3 is 2.46 bits per heavy atom. The first-order valence-corrected chi connectivity index (χ1v) is 15.6.